The number of nitrogens with zero attached hydrogens (tertiary/aromatic N) is 5. The molecule has 1 aliphatic rings. The van der Waals surface area contributed by atoms with Gasteiger partial charge in [-0.25, -0.2) is 19.1 Å². The van der Waals surface area contributed by atoms with Crippen molar-refractivity contribution in [2.24, 2.45) is 5.92 Å². The van der Waals surface area contributed by atoms with Crippen LogP contribution in [-0.4, -0.2) is 61.5 Å². The predicted octanol–water partition coefficient (Wildman–Crippen LogP) is 5.00. The van der Waals surface area contributed by atoms with Crippen LogP contribution in [0.2, 0.25) is 5.15 Å². The topological polar surface area (TPSA) is 126 Å². The van der Waals surface area contributed by atoms with Gasteiger partial charge in [0.15, 0.2) is 11.0 Å². The first-order valence-corrected chi connectivity index (χ1v) is 13.7. The lowest BCUT2D eigenvalue weighted by Gasteiger charge is -2.25. The molecule has 0 radical (unpaired) electrons. The van der Waals surface area contributed by atoms with E-state index in [0.29, 0.717) is 37.2 Å². The zero-order valence-corrected chi connectivity index (χ0v) is 23.1. The number of aromatic amines is 1. The fourth-order valence-corrected chi connectivity index (χ4v) is 5.01. The zero-order chi connectivity index (χ0) is 28.8. The average Bonchev–Trinajstić information content (AvgIpc) is 3.59. The summed E-state index contributed by atoms with van der Waals surface area (Å²) in [5.41, 5.74) is 4.09. The fourth-order valence-electron chi connectivity index (χ4n) is 4.91. The lowest BCUT2D eigenvalue weighted by molar-refractivity contribution is -0.133. The first-order valence-electron chi connectivity index (χ1n) is 13.3. The van der Waals surface area contributed by atoms with E-state index in [2.05, 4.69) is 30.7 Å². The van der Waals surface area contributed by atoms with Crippen molar-refractivity contribution in [3.63, 3.8) is 0 Å². The second kappa shape index (κ2) is 12.9. The number of nitrogens with one attached hydrogen (secondary N) is 2. The van der Waals surface area contributed by atoms with Crippen LogP contribution >= 0.6 is 11.6 Å². The van der Waals surface area contributed by atoms with E-state index < -0.39 is 23.9 Å². The number of H-pyrrole nitrogens is 1. The van der Waals surface area contributed by atoms with Gasteiger partial charge in [-0.3, -0.25) is 9.89 Å². The van der Waals surface area contributed by atoms with Gasteiger partial charge in [-0.2, -0.15) is 15.3 Å². The highest BCUT2D eigenvalue weighted by Gasteiger charge is 2.40. The molecule has 10 nitrogen and oxygen atoms in total. The summed E-state index contributed by atoms with van der Waals surface area (Å²) in [7, 11) is 0. The van der Waals surface area contributed by atoms with Gasteiger partial charge in [-0.1, -0.05) is 41.9 Å². The number of carbonyl (C=O) groups excluding carboxylic acids is 2. The van der Waals surface area contributed by atoms with Gasteiger partial charge in [0.2, 0.25) is 5.91 Å². The number of amides is 2. The quantitative estimate of drug-likeness (QED) is 0.188. The Morgan fingerprint density at radius 2 is 2.00 bits per heavy atom. The van der Waals surface area contributed by atoms with E-state index in [4.69, 9.17) is 16.3 Å². The standard InChI is InChI=1S/C29H29ClFN7O3/c1-18-14-34-35-16-23(18)25-13-26(37-36-25)32-9-5-8-21(10-20-12-24(31)27(30)33-15-20)28(39)38-22(17-41-29(38)40)11-19-6-3-2-4-7-19/h2-4,6-7,12-16,21-22H,5,8-11,17H2,1H3,(H2,32,36,37)/t21-,22+/m0/s1. The van der Waals surface area contributed by atoms with Gasteiger partial charge >= 0.3 is 6.09 Å². The number of aryl methyl sites for hydroxylation is 1. The summed E-state index contributed by atoms with van der Waals surface area (Å²) in [5, 5.41) is 18.2. The summed E-state index contributed by atoms with van der Waals surface area (Å²) >= 11 is 5.76. The Hall–Kier alpha value is -4.38. The van der Waals surface area contributed by atoms with Crippen molar-refractivity contribution in [1.82, 2.24) is 30.3 Å². The number of anilines is 1. The Balaban J connectivity index is 1.27. The van der Waals surface area contributed by atoms with Crippen molar-refractivity contribution >= 4 is 29.4 Å². The van der Waals surface area contributed by atoms with Gasteiger partial charge in [0.05, 0.1) is 24.1 Å². The summed E-state index contributed by atoms with van der Waals surface area (Å²) in [6.45, 7) is 2.59. The van der Waals surface area contributed by atoms with Gasteiger partial charge in [-0.15, -0.1) is 0 Å². The second-order valence-corrected chi connectivity index (χ2v) is 10.3. The van der Waals surface area contributed by atoms with Crippen molar-refractivity contribution in [3.05, 3.63) is 88.7 Å². The first-order chi connectivity index (χ1) is 19.9. The maximum atomic E-state index is 14.2. The maximum Gasteiger partial charge on any atom is 0.416 e. The minimum atomic E-state index is -0.662. The molecule has 5 rings (SSSR count). The largest absolute Gasteiger partial charge is 0.447 e. The van der Waals surface area contributed by atoms with Crippen LogP contribution in [0.3, 0.4) is 0 Å². The molecule has 1 aromatic carbocycles. The molecule has 1 aliphatic heterocycles. The van der Waals surface area contributed by atoms with Gasteiger partial charge in [0, 0.05) is 30.3 Å². The minimum absolute atomic E-state index is 0.125. The Morgan fingerprint density at radius 3 is 2.78 bits per heavy atom. The minimum Gasteiger partial charge on any atom is -0.447 e. The van der Waals surface area contributed by atoms with Gasteiger partial charge < -0.3 is 10.1 Å². The molecule has 3 aromatic heterocycles. The van der Waals surface area contributed by atoms with E-state index in [9.17, 15) is 14.0 Å². The van der Waals surface area contributed by atoms with Crippen LogP contribution in [-0.2, 0) is 22.4 Å². The molecule has 0 bridgehead atoms. The lowest BCUT2D eigenvalue weighted by atomic mass is 9.93. The Kier molecular flexibility index (Phi) is 8.83. The van der Waals surface area contributed by atoms with Gasteiger partial charge in [0.1, 0.15) is 12.4 Å². The third-order valence-electron chi connectivity index (χ3n) is 7.03. The molecule has 41 heavy (non-hydrogen) atoms. The summed E-state index contributed by atoms with van der Waals surface area (Å²) in [4.78, 5) is 31.6. The van der Waals surface area contributed by atoms with Gasteiger partial charge in [-0.05, 0) is 55.4 Å². The molecule has 1 fully saturated rings. The highest BCUT2D eigenvalue weighted by molar-refractivity contribution is 6.29. The van der Waals surface area contributed by atoms with E-state index in [1.165, 1.54) is 17.2 Å². The van der Waals surface area contributed by atoms with Crippen molar-refractivity contribution in [1.29, 1.82) is 0 Å². The Labute approximate surface area is 241 Å². The number of benzene rings is 1. The monoisotopic (exact) mass is 577 g/mol. The number of imide groups is 1. The number of carbonyl (C=O) groups is 2. The third-order valence-corrected chi connectivity index (χ3v) is 7.30. The molecule has 0 aliphatic carbocycles. The van der Waals surface area contributed by atoms with Crippen LogP contribution in [0, 0.1) is 18.7 Å². The van der Waals surface area contributed by atoms with E-state index in [1.54, 1.807) is 12.4 Å². The number of hydrogen-bond donors (Lipinski definition) is 2. The summed E-state index contributed by atoms with van der Waals surface area (Å²) < 4.78 is 19.4. The number of halogens is 2. The summed E-state index contributed by atoms with van der Waals surface area (Å²) in [5.74, 6) is -0.900. The zero-order valence-electron chi connectivity index (χ0n) is 22.4. The Bertz CT molecular complexity index is 1520. The Morgan fingerprint density at radius 1 is 1.20 bits per heavy atom. The molecule has 0 spiro atoms. The second-order valence-electron chi connectivity index (χ2n) is 9.97. The van der Waals surface area contributed by atoms with Crippen LogP contribution in [0.1, 0.15) is 29.5 Å². The highest BCUT2D eigenvalue weighted by atomic mass is 35.5. The van der Waals surface area contributed by atoms with Gasteiger partial charge in [0.25, 0.3) is 0 Å². The summed E-state index contributed by atoms with van der Waals surface area (Å²) in [6.07, 6.45) is 5.84. The summed E-state index contributed by atoms with van der Waals surface area (Å²) in [6, 6.07) is 12.4. The van der Waals surface area contributed by atoms with Crippen molar-refractivity contribution in [2.75, 3.05) is 18.5 Å². The van der Waals surface area contributed by atoms with Crippen LogP contribution in [0.15, 0.2) is 61.1 Å². The first kappa shape index (κ1) is 28.2. The number of rotatable bonds is 11. The fraction of sp³-hybridized carbons (Fsp3) is 0.310. The molecule has 4 aromatic rings. The lowest BCUT2D eigenvalue weighted by Crippen LogP contribution is -2.44. The van der Waals surface area contributed by atoms with Crippen molar-refractivity contribution in [2.45, 2.75) is 38.6 Å². The number of ether oxygens (including phenoxy) is 1. The van der Waals surface area contributed by atoms with Crippen LogP contribution in [0.4, 0.5) is 15.0 Å². The normalized spacial score (nSPS) is 15.5. The molecule has 0 unspecified atom stereocenters. The molecule has 2 N–H and O–H groups in total. The average molecular weight is 578 g/mol. The van der Waals surface area contributed by atoms with Crippen LogP contribution < -0.4 is 5.32 Å². The van der Waals surface area contributed by atoms with E-state index in [0.717, 1.165) is 22.4 Å². The molecule has 2 atom stereocenters. The number of aromatic nitrogens is 5. The van der Waals surface area contributed by atoms with E-state index in [-0.39, 0.29) is 24.1 Å². The molecule has 12 heteroatoms. The molecule has 1 saturated heterocycles. The maximum absolute atomic E-state index is 14.2. The molecular weight excluding hydrogens is 549 g/mol. The molecule has 212 valence electrons. The third kappa shape index (κ3) is 6.86. The predicted molar refractivity (Wildman–Crippen MR) is 151 cm³/mol. The smallest absolute Gasteiger partial charge is 0.416 e. The number of cyclic esters (lactones) is 1. The number of pyridine rings is 1. The molecular formula is C29H29ClFN7O3. The number of hydrogen-bond acceptors (Lipinski definition) is 8. The van der Waals surface area contributed by atoms with Crippen LogP contribution in [0.5, 0.6) is 0 Å². The van der Waals surface area contributed by atoms with Crippen molar-refractivity contribution in [3.8, 4) is 11.3 Å². The molecule has 4 heterocycles. The highest BCUT2D eigenvalue weighted by Crippen LogP contribution is 2.26. The van der Waals surface area contributed by atoms with Crippen LogP contribution in [0.25, 0.3) is 11.3 Å². The van der Waals surface area contributed by atoms with Crippen molar-refractivity contribution < 1.29 is 18.7 Å². The molecule has 0 saturated carbocycles. The van der Waals surface area contributed by atoms with E-state index in [1.807, 2.05) is 43.3 Å². The SMILES string of the molecule is Cc1cnncc1-c1cc(NCCC[C@@H](Cc2cnc(Cl)c(F)c2)C(=O)N2C(=O)OC[C@H]2Cc2ccccc2)[nH]n1. The molecule has 2 amide bonds. The van der Waals surface area contributed by atoms with E-state index >= 15 is 0 Å².